The summed E-state index contributed by atoms with van der Waals surface area (Å²) in [5.41, 5.74) is 12.8. The molecule has 0 fully saturated rings. The third-order valence-corrected chi connectivity index (χ3v) is 4.93. The van der Waals surface area contributed by atoms with Crippen LogP contribution in [0.1, 0.15) is 49.9 Å². The van der Waals surface area contributed by atoms with E-state index in [0.29, 0.717) is 6.54 Å². The first kappa shape index (κ1) is 15.0. The second-order valence-corrected chi connectivity index (χ2v) is 6.58. The molecule has 1 aromatic carbocycles. The summed E-state index contributed by atoms with van der Waals surface area (Å²) in [4.78, 5) is 4.57. The van der Waals surface area contributed by atoms with Gasteiger partial charge in [0.2, 0.25) is 0 Å². The lowest BCUT2D eigenvalue weighted by atomic mass is 9.79. The summed E-state index contributed by atoms with van der Waals surface area (Å²) in [5, 5.41) is 0. The lowest BCUT2D eigenvalue weighted by Crippen LogP contribution is -2.19. The van der Waals surface area contributed by atoms with Crippen molar-refractivity contribution in [2.75, 3.05) is 6.54 Å². The average Bonchev–Trinajstić information content (AvgIpc) is 2.76. The highest BCUT2D eigenvalue weighted by Crippen LogP contribution is 2.51. The van der Waals surface area contributed by atoms with Gasteiger partial charge >= 0.3 is 0 Å². The topological polar surface area (TPSA) is 38.9 Å². The largest absolute Gasteiger partial charge is 0.330 e. The average molecular weight is 292 g/mol. The second kappa shape index (κ2) is 5.69. The molecule has 0 radical (unpaired) electrons. The zero-order valence-corrected chi connectivity index (χ0v) is 13.6. The van der Waals surface area contributed by atoms with Crippen LogP contribution in [0.4, 0.5) is 0 Å². The number of nitrogens with zero attached hydrogens (tertiary/aromatic N) is 1. The number of allylic oxidation sites excluding steroid dienone is 1. The van der Waals surface area contributed by atoms with Crippen molar-refractivity contribution in [2.45, 2.75) is 38.5 Å². The SMILES string of the molecule is C[C@@H](C1=C(CCN)C(C)(C)c2ccccc21)c1ccccn1. The minimum absolute atomic E-state index is 0.0499. The van der Waals surface area contributed by atoms with Gasteiger partial charge in [-0.05, 0) is 41.8 Å². The molecule has 1 atom stereocenters. The van der Waals surface area contributed by atoms with Crippen molar-refractivity contribution in [1.29, 1.82) is 0 Å². The maximum atomic E-state index is 5.92. The van der Waals surface area contributed by atoms with Gasteiger partial charge in [-0.15, -0.1) is 0 Å². The second-order valence-electron chi connectivity index (χ2n) is 6.58. The van der Waals surface area contributed by atoms with Crippen molar-refractivity contribution in [2.24, 2.45) is 5.73 Å². The summed E-state index contributed by atoms with van der Waals surface area (Å²) in [7, 11) is 0. The summed E-state index contributed by atoms with van der Waals surface area (Å²) in [6.45, 7) is 7.57. The van der Waals surface area contributed by atoms with Gasteiger partial charge in [0.1, 0.15) is 0 Å². The zero-order valence-electron chi connectivity index (χ0n) is 13.6. The summed E-state index contributed by atoms with van der Waals surface area (Å²) >= 11 is 0. The van der Waals surface area contributed by atoms with Gasteiger partial charge in [0, 0.05) is 23.2 Å². The molecule has 1 aromatic heterocycles. The fourth-order valence-corrected chi connectivity index (χ4v) is 3.79. The highest BCUT2D eigenvalue weighted by molar-refractivity contribution is 5.83. The highest BCUT2D eigenvalue weighted by Gasteiger charge is 2.38. The molecule has 3 rings (SSSR count). The Morgan fingerprint density at radius 2 is 1.82 bits per heavy atom. The van der Waals surface area contributed by atoms with Crippen LogP contribution in [0.3, 0.4) is 0 Å². The van der Waals surface area contributed by atoms with E-state index in [2.05, 4.69) is 62.2 Å². The van der Waals surface area contributed by atoms with Gasteiger partial charge in [-0.25, -0.2) is 0 Å². The fourth-order valence-electron chi connectivity index (χ4n) is 3.79. The highest BCUT2D eigenvalue weighted by atomic mass is 14.7. The van der Waals surface area contributed by atoms with Crippen LogP contribution >= 0.6 is 0 Å². The molecule has 1 aliphatic rings. The Morgan fingerprint density at radius 3 is 2.50 bits per heavy atom. The number of hydrogen-bond donors (Lipinski definition) is 1. The quantitative estimate of drug-likeness (QED) is 0.913. The molecule has 114 valence electrons. The van der Waals surface area contributed by atoms with Gasteiger partial charge in [-0.1, -0.05) is 56.7 Å². The van der Waals surface area contributed by atoms with Crippen LogP contribution in [0.2, 0.25) is 0 Å². The summed E-state index contributed by atoms with van der Waals surface area (Å²) in [6.07, 6.45) is 2.81. The molecular formula is C20H24N2. The van der Waals surface area contributed by atoms with Crippen molar-refractivity contribution < 1.29 is 0 Å². The van der Waals surface area contributed by atoms with Crippen LogP contribution in [0, 0.1) is 0 Å². The Morgan fingerprint density at radius 1 is 1.09 bits per heavy atom. The summed E-state index contributed by atoms with van der Waals surface area (Å²) in [6, 6.07) is 14.9. The Balaban J connectivity index is 2.18. The van der Waals surface area contributed by atoms with E-state index in [-0.39, 0.29) is 11.3 Å². The van der Waals surface area contributed by atoms with Gasteiger partial charge < -0.3 is 5.73 Å². The van der Waals surface area contributed by atoms with E-state index >= 15 is 0 Å². The molecule has 0 spiro atoms. The normalized spacial score (nSPS) is 17.5. The molecule has 0 aliphatic heterocycles. The van der Waals surface area contributed by atoms with Crippen molar-refractivity contribution in [1.82, 2.24) is 4.98 Å². The van der Waals surface area contributed by atoms with E-state index in [1.54, 1.807) is 0 Å². The van der Waals surface area contributed by atoms with Crippen LogP contribution in [-0.4, -0.2) is 11.5 Å². The first-order chi connectivity index (χ1) is 10.6. The Bertz CT molecular complexity index is 699. The molecule has 0 saturated carbocycles. The molecule has 1 aliphatic carbocycles. The molecule has 2 heteroatoms. The molecular weight excluding hydrogens is 268 g/mol. The van der Waals surface area contributed by atoms with E-state index in [1.165, 1.54) is 22.3 Å². The van der Waals surface area contributed by atoms with Crippen molar-refractivity contribution in [3.63, 3.8) is 0 Å². The Kier molecular flexibility index (Phi) is 3.88. The standard InChI is InChI=1S/C20H24N2/c1-14(18-10-6-7-13-22-18)19-15-8-4-5-9-16(15)20(2,3)17(19)11-12-21/h4-10,13-14H,11-12,21H2,1-3H3/t14-/m1/s1. The summed E-state index contributed by atoms with van der Waals surface area (Å²) < 4.78 is 0. The van der Waals surface area contributed by atoms with E-state index in [0.717, 1.165) is 12.1 Å². The van der Waals surface area contributed by atoms with E-state index in [4.69, 9.17) is 5.73 Å². The van der Waals surface area contributed by atoms with Crippen LogP contribution < -0.4 is 5.73 Å². The monoisotopic (exact) mass is 292 g/mol. The maximum Gasteiger partial charge on any atom is 0.0475 e. The lowest BCUT2D eigenvalue weighted by Gasteiger charge is -2.25. The molecule has 0 bridgehead atoms. The number of rotatable bonds is 4. The first-order valence-corrected chi connectivity index (χ1v) is 8.01. The van der Waals surface area contributed by atoms with Gasteiger partial charge in [-0.2, -0.15) is 0 Å². The third-order valence-electron chi connectivity index (χ3n) is 4.93. The van der Waals surface area contributed by atoms with Gasteiger partial charge in [0.15, 0.2) is 0 Å². The smallest absolute Gasteiger partial charge is 0.0475 e. The maximum absolute atomic E-state index is 5.92. The molecule has 0 unspecified atom stereocenters. The minimum Gasteiger partial charge on any atom is -0.330 e. The molecule has 2 N–H and O–H groups in total. The van der Waals surface area contributed by atoms with Crippen LogP contribution in [0.5, 0.6) is 0 Å². The van der Waals surface area contributed by atoms with E-state index in [1.807, 2.05) is 12.3 Å². The number of pyridine rings is 1. The fraction of sp³-hybridized carbons (Fsp3) is 0.350. The minimum atomic E-state index is 0.0499. The predicted octanol–water partition coefficient (Wildman–Crippen LogP) is 4.28. The van der Waals surface area contributed by atoms with Crippen LogP contribution in [0.15, 0.2) is 54.2 Å². The molecule has 2 aromatic rings. The number of nitrogens with two attached hydrogens (primary N) is 1. The zero-order chi connectivity index (χ0) is 15.7. The van der Waals surface area contributed by atoms with Crippen molar-refractivity contribution in [3.05, 3.63) is 71.1 Å². The number of hydrogen-bond acceptors (Lipinski definition) is 2. The van der Waals surface area contributed by atoms with Gasteiger partial charge in [-0.3, -0.25) is 4.98 Å². The Hall–Kier alpha value is -1.93. The number of fused-ring (bicyclic) bond motifs is 1. The van der Waals surface area contributed by atoms with Crippen molar-refractivity contribution >= 4 is 5.57 Å². The van der Waals surface area contributed by atoms with E-state index < -0.39 is 0 Å². The molecule has 22 heavy (non-hydrogen) atoms. The lowest BCUT2D eigenvalue weighted by molar-refractivity contribution is 0.607. The van der Waals surface area contributed by atoms with Crippen molar-refractivity contribution in [3.8, 4) is 0 Å². The van der Waals surface area contributed by atoms with E-state index in [9.17, 15) is 0 Å². The molecule has 2 nitrogen and oxygen atoms in total. The predicted molar refractivity (Wildman–Crippen MR) is 92.7 cm³/mol. The molecule has 1 heterocycles. The first-order valence-electron chi connectivity index (χ1n) is 8.01. The number of aromatic nitrogens is 1. The number of benzene rings is 1. The Labute approximate surface area is 133 Å². The summed E-state index contributed by atoms with van der Waals surface area (Å²) in [5.74, 6) is 0.283. The van der Waals surface area contributed by atoms with Crippen LogP contribution in [-0.2, 0) is 5.41 Å². The third kappa shape index (κ3) is 2.28. The van der Waals surface area contributed by atoms with Gasteiger partial charge in [0.05, 0.1) is 0 Å². The molecule has 0 amide bonds. The van der Waals surface area contributed by atoms with Gasteiger partial charge in [0.25, 0.3) is 0 Å². The van der Waals surface area contributed by atoms with Crippen LogP contribution in [0.25, 0.3) is 5.57 Å². The molecule has 0 saturated heterocycles.